The molecule has 0 aliphatic heterocycles. The van der Waals surface area contributed by atoms with Crippen LogP contribution in [0, 0.1) is 11.8 Å². The lowest BCUT2D eigenvalue weighted by Crippen LogP contribution is -2.43. The van der Waals surface area contributed by atoms with E-state index in [9.17, 15) is 0 Å². The summed E-state index contributed by atoms with van der Waals surface area (Å²) in [5, 5.41) is 5.81. The summed E-state index contributed by atoms with van der Waals surface area (Å²) in [5.41, 5.74) is 0.999. The maximum absolute atomic E-state index is 5.10. The summed E-state index contributed by atoms with van der Waals surface area (Å²) in [6.07, 6.45) is 2.07. The average Bonchev–Trinajstić information content (AvgIpc) is 2.41. The lowest BCUT2D eigenvalue weighted by atomic mass is 9.87. The molecule has 1 aromatic carbocycles. The third-order valence-corrected chi connectivity index (χ3v) is 3.26. The predicted octanol–water partition coefficient (Wildman–Crippen LogP) is 2.27. The zero-order chi connectivity index (χ0) is 13.5. The van der Waals surface area contributed by atoms with Gasteiger partial charge in [-0.3, -0.25) is 0 Å². The van der Waals surface area contributed by atoms with Crippen LogP contribution in [0.2, 0.25) is 0 Å². The van der Waals surface area contributed by atoms with E-state index in [2.05, 4.69) is 39.5 Å². The van der Waals surface area contributed by atoms with Gasteiger partial charge in [-0.2, -0.15) is 0 Å². The Morgan fingerprint density at radius 1 is 1.37 bits per heavy atom. The fourth-order valence-corrected chi connectivity index (χ4v) is 2.10. The molecule has 0 aromatic heterocycles. The third-order valence-electron chi connectivity index (χ3n) is 3.15. The number of benzene rings is 1. The molecule has 0 unspecified atom stereocenters. The molecule has 1 fully saturated rings. The Morgan fingerprint density at radius 2 is 2.11 bits per heavy atom. The van der Waals surface area contributed by atoms with Crippen LogP contribution in [0.1, 0.15) is 18.4 Å². The van der Waals surface area contributed by atoms with Crippen molar-refractivity contribution in [1.82, 2.24) is 5.32 Å². The number of rotatable bonds is 4. The number of isothiocyanates is 1. The van der Waals surface area contributed by atoms with Crippen LogP contribution < -0.4 is 10.1 Å². The van der Waals surface area contributed by atoms with Crippen LogP contribution in [0.3, 0.4) is 0 Å². The Labute approximate surface area is 119 Å². The lowest BCUT2D eigenvalue weighted by Gasteiger charge is -2.31. The van der Waals surface area contributed by atoms with E-state index in [0.717, 1.165) is 24.2 Å². The first-order chi connectivity index (χ1) is 9.31. The molecule has 0 amide bonds. The van der Waals surface area contributed by atoms with Crippen molar-refractivity contribution in [2.24, 2.45) is 4.99 Å². The van der Waals surface area contributed by atoms with Gasteiger partial charge in [-0.25, -0.2) is 4.99 Å². The molecule has 4 heteroatoms. The molecule has 19 heavy (non-hydrogen) atoms. The van der Waals surface area contributed by atoms with Gasteiger partial charge in [0.25, 0.3) is 0 Å². The minimum atomic E-state index is 0.365. The Hall–Kier alpha value is -1.66. The standard InChI is InChI=1S/C15H16N2OS/c1-18-15-6-4-12(5-7-15)3-2-8-16-13-9-14(10-13)17-11-19/h4-7,13-14,16H,8-10H2,1H3. The highest BCUT2D eigenvalue weighted by Crippen LogP contribution is 2.22. The van der Waals surface area contributed by atoms with Gasteiger partial charge in [0.15, 0.2) is 0 Å². The van der Waals surface area contributed by atoms with Crippen molar-refractivity contribution >= 4 is 17.4 Å². The van der Waals surface area contributed by atoms with Gasteiger partial charge < -0.3 is 10.1 Å². The quantitative estimate of drug-likeness (QED) is 0.518. The van der Waals surface area contributed by atoms with Gasteiger partial charge in [-0.05, 0) is 49.3 Å². The Bertz CT molecular complexity index is 517. The maximum atomic E-state index is 5.10. The molecule has 0 bridgehead atoms. The van der Waals surface area contributed by atoms with E-state index in [0.29, 0.717) is 18.6 Å². The highest BCUT2D eigenvalue weighted by atomic mass is 32.1. The van der Waals surface area contributed by atoms with E-state index in [1.807, 2.05) is 24.3 Å². The van der Waals surface area contributed by atoms with E-state index in [1.165, 1.54) is 0 Å². The van der Waals surface area contributed by atoms with E-state index in [4.69, 9.17) is 4.74 Å². The van der Waals surface area contributed by atoms with Gasteiger partial charge in [0, 0.05) is 11.6 Å². The molecule has 0 radical (unpaired) electrons. The van der Waals surface area contributed by atoms with Crippen molar-refractivity contribution in [3.05, 3.63) is 29.8 Å². The van der Waals surface area contributed by atoms with Crippen molar-refractivity contribution < 1.29 is 4.74 Å². The second-order valence-corrected chi connectivity index (χ2v) is 4.64. The first kappa shape index (κ1) is 13.8. The molecule has 0 spiro atoms. The van der Waals surface area contributed by atoms with E-state index < -0.39 is 0 Å². The van der Waals surface area contributed by atoms with E-state index in [-0.39, 0.29) is 0 Å². The highest BCUT2D eigenvalue weighted by Gasteiger charge is 2.27. The summed E-state index contributed by atoms with van der Waals surface area (Å²) < 4.78 is 5.10. The van der Waals surface area contributed by atoms with Crippen molar-refractivity contribution in [2.45, 2.75) is 24.9 Å². The van der Waals surface area contributed by atoms with E-state index >= 15 is 0 Å². The van der Waals surface area contributed by atoms with Crippen LogP contribution in [0.4, 0.5) is 0 Å². The SMILES string of the molecule is COc1ccc(C#CCNC2CC(N=C=S)C2)cc1. The molecular formula is C15H16N2OS. The molecule has 1 aromatic rings. The Balaban J connectivity index is 1.71. The van der Waals surface area contributed by atoms with Crippen molar-refractivity contribution in [2.75, 3.05) is 13.7 Å². The largest absolute Gasteiger partial charge is 0.497 e. The van der Waals surface area contributed by atoms with Crippen molar-refractivity contribution in [3.63, 3.8) is 0 Å². The number of ether oxygens (including phenoxy) is 1. The predicted molar refractivity (Wildman–Crippen MR) is 79.7 cm³/mol. The average molecular weight is 272 g/mol. The molecule has 2 rings (SSSR count). The Kier molecular flexibility index (Phi) is 5.11. The summed E-state index contributed by atoms with van der Waals surface area (Å²) in [4.78, 5) is 4.05. The van der Waals surface area contributed by atoms with Crippen LogP contribution in [0.5, 0.6) is 5.75 Å². The summed E-state index contributed by atoms with van der Waals surface area (Å²) in [5.74, 6) is 7.08. The number of nitrogens with zero attached hydrogens (tertiary/aromatic N) is 1. The number of hydrogen-bond donors (Lipinski definition) is 1. The van der Waals surface area contributed by atoms with Crippen LogP contribution in [-0.4, -0.2) is 30.9 Å². The number of nitrogens with one attached hydrogen (secondary N) is 1. The van der Waals surface area contributed by atoms with Gasteiger partial charge >= 0.3 is 0 Å². The number of aliphatic imine (C=N–C) groups is 1. The topological polar surface area (TPSA) is 33.6 Å². The summed E-state index contributed by atoms with van der Waals surface area (Å²) in [7, 11) is 1.66. The van der Waals surface area contributed by atoms with E-state index in [1.54, 1.807) is 7.11 Å². The van der Waals surface area contributed by atoms with Gasteiger partial charge in [-0.1, -0.05) is 11.8 Å². The Morgan fingerprint density at radius 3 is 2.74 bits per heavy atom. The number of methoxy groups -OCH3 is 1. The van der Waals surface area contributed by atoms with Gasteiger partial charge in [0.1, 0.15) is 5.75 Å². The van der Waals surface area contributed by atoms with Crippen molar-refractivity contribution in [3.8, 4) is 17.6 Å². The molecule has 1 aliphatic rings. The smallest absolute Gasteiger partial charge is 0.118 e. The molecule has 0 saturated heterocycles. The summed E-state index contributed by atoms with van der Waals surface area (Å²) in [6.45, 7) is 0.699. The molecule has 3 nitrogen and oxygen atoms in total. The maximum Gasteiger partial charge on any atom is 0.118 e. The highest BCUT2D eigenvalue weighted by molar-refractivity contribution is 7.78. The summed E-state index contributed by atoms with van der Waals surface area (Å²) >= 11 is 4.58. The van der Waals surface area contributed by atoms with Crippen LogP contribution in [0.25, 0.3) is 0 Å². The normalized spacial score (nSPS) is 20.5. The number of hydrogen-bond acceptors (Lipinski definition) is 4. The number of thiocarbonyl (C=S) groups is 1. The zero-order valence-electron chi connectivity index (χ0n) is 10.8. The first-order valence-electron chi connectivity index (χ1n) is 6.25. The minimum Gasteiger partial charge on any atom is -0.497 e. The monoisotopic (exact) mass is 272 g/mol. The molecule has 1 saturated carbocycles. The molecule has 1 N–H and O–H groups in total. The van der Waals surface area contributed by atoms with Crippen LogP contribution >= 0.6 is 12.2 Å². The minimum absolute atomic E-state index is 0.365. The van der Waals surface area contributed by atoms with Gasteiger partial charge in [-0.15, -0.1) is 0 Å². The summed E-state index contributed by atoms with van der Waals surface area (Å²) in [6, 6.07) is 8.62. The molecule has 0 atom stereocenters. The fraction of sp³-hybridized carbons (Fsp3) is 0.400. The van der Waals surface area contributed by atoms with Crippen molar-refractivity contribution in [1.29, 1.82) is 0 Å². The lowest BCUT2D eigenvalue weighted by molar-refractivity contribution is 0.305. The second-order valence-electron chi connectivity index (χ2n) is 4.45. The second kappa shape index (κ2) is 7.06. The van der Waals surface area contributed by atoms with Gasteiger partial charge in [0.05, 0.1) is 24.9 Å². The molecular weight excluding hydrogens is 256 g/mol. The first-order valence-corrected chi connectivity index (χ1v) is 6.66. The molecule has 0 heterocycles. The fourth-order valence-electron chi connectivity index (χ4n) is 1.95. The van der Waals surface area contributed by atoms with Crippen LogP contribution in [-0.2, 0) is 0 Å². The molecule has 1 aliphatic carbocycles. The van der Waals surface area contributed by atoms with Crippen LogP contribution in [0.15, 0.2) is 29.3 Å². The third kappa shape index (κ3) is 4.18. The molecule has 98 valence electrons. The zero-order valence-corrected chi connectivity index (χ0v) is 11.7. The van der Waals surface area contributed by atoms with Gasteiger partial charge in [0.2, 0.25) is 0 Å².